The standard InChI is InChI=1S/C23H23ClF2N6S/c1-11-10-32(7-6-28-11)21-13-8-14(24)17(18(26)19(13)29-9-16(21)31(2)3)12-4-5-15(25)22-20(12)30-23(27)33-22/h4-5,8-9,11,28H,6-7,10H2,1-3H3,(H2,27,30)/t11-/m1/s1. The zero-order valence-corrected chi connectivity index (χ0v) is 20.0. The molecule has 4 aromatic rings. The molecule has 6 nitrogen and oxygen atoms in total. The number of nitrogens with one attached hydrogen (secondary N) is 1. The van der Waals surface area contributed by atoms with Crippen molar-refractivity contribution in [3.05, 3.63) is 41.1 Å². The molecule has 0 spiro atoms. The Kier molecular flexibility index (Phi) is 5.50. The molecular formula is C23H23ClF2N6S. The molecule has 1 atom stereocenters. The van der Waals surface area contributed by atoms with Gasteiger partial charge in [0, 0.05) is 56.3 Å². The normalized spacial score (nSPS) is 16.7. The lowest BCUT2D eigenvalue weighted by Crippen LogP contribution is -2.49. The molecule has 1 fully saturated rings. The predicted molar refractivity (Wildman–Crippen MR) is 134 cm³/mol. The summed E-state index contributed by atoms with van der Waals surface area (Å²) in [5.41, 5.74) is 8.63. The van der Waals surface area contributed by atoms with Crippen LogP contribution in [0.1, 0.15) is 6.92 Å². The molecule has 0 bridgehead atoms. The van der Waals surface area contributed by atoms with E-state index in [1.165, 1.54) is 12.1 Å². The van der Waals surface area contributed by atoms with Gasteiger partial charge in [-0.2, -0.15) is 0 Å². The number of nitrogens with zero attached hydrogens (tertiary/aromatic N) is 4. The maximum atomic E-state index is 16.1. The number of fused-ring (bicyclic) bond motifs is 2. The summed E-state index contributed by atoms with van der Waals surface area (Å²) in [4.78, 5) is 12.9. The summed E-state index contributed by atoms with van der Waals surface area (Å²) < 4.78 is 30.7. The number of nitrogen functional groups attached to an aromatic ring is 1. The molecule has 10 heteroatoms. The highest BCUT2D eigenvalue weighted by atomic mass is 35.5. The van der Waals surface area contributed by atoms with Gasteiger partial charge in [0.25, 0.3) is 0 Å². The monoisotopic (exact) mass is 488 g/mol. The summed E-state index contributed by atoms with van der Waals surface area (Å²) >= 11 is 7.72. The first kappa shape index (κ1) is 22.1. The van der Waals surface area contributed by atoms with Crippen molar-refractivity contribution in [2.75, 3.05) is 49.3 Å². The van der Waals surface area contributed by atoms with Crippen molar-refractivity contribution in [3.63, 3.8) is 0 Å². The number of aromatic nitrogens is 2. The summed E-state index contributed by atoms with van der Waals surface area (Å²) in [6.07, 6.45) is 1.69. The molecule has 3 heterocycles. The van der Waals surface area contributed by atoms with Crippen molar-refractivity contribution in [3.8, 4) is 11.1 Å². The molecule has 5 rings (SSSR count). The minimum absolute atomic E-state index is 0.143. The van der Waals surface area contributed by atoms with Gasteiger partial charge in [-0.15, -0.1) is 0 Å². The Balaban J connectivity index is 1.79. The third-order valence-corrected chi connectivity index (χ3v) is 7.15. The largest absolute Gasteiger partial charge is 0.375 e. The van der Waals surface area contributed by atoms with Gasteiger partial charge < -0.3 is 20.9 Å². The van der Waals surface area contributed by atoms with E-state index in [0.717, 1.165) is 42.3 Å². The van der Waals surface area contributed by atoms with E-state index in [1.807, 2.05) is 19.0 Å². The highest BCUT2D eigenvalue weighted by molar-refractivity contribution is 7.22. The maximum absolute atomic E-state index is 16.1. The Morgan fingerprint density at radius 1 is 1.27 bits per heavy atom. The summed E-state index contributed by atoms with van der Waals surface area (Å²) in [5.74, 6) is -1.02. The Morgan fingerprint density at radius 2 is 2.06 bits per heavy atom. The Hall–Kier alpha value is -2.75. The number of hydrogen-bond donors (Lipinski definition) is 2. The highest BCUT2D eigenvalue weighted by Gasteiger charge is 2.26. The van der Waals surface area contributed by atoms with Crippen molar-refractivity contribution < 1.29 is 8.78 Å². The zero-order chi connectivity index (χ0) is 23.4. The number of anilines is 3. The van der Waals surface area contributed by atoms with Gasteiger partial charge in [0.15, 0.2) is 10.9 Å². The van der Waals surface area contributed by atoms with E-state index in [9.17, 15) is 4.39 Å². The number of piperazine rings is 1. The van der Waals surface area contributed by atoms with Crippen LogP contribution in [0, 0.1) is 11.6 Å². The van der Waals surface area contributed by atoms with Crippen LogP contribution in [0.15, 0.2) is 24.4 Å². The third kappa shape index (κ3) is 3.64. The van der Waals surface area contributed by atoms with Crippen molar-refractivity contribution in [1.29, 1.82) is 0 Å². The summed E-state index contributed by atoms with van der Waals surface area (Å²) in [6.45, 7) is 4.50. The summed E-state index contributed by atoms with van der Waals surface area (Å²) in [5, 5.41) is 4.49. The fourth-order valence-corrected chi connectivity index (χ4v) is 5.53. The van der Waals surface area contributed by atoms with E-state index in [2.05, 4.69) is 27.1 Å². The summed E-state index contributed by atoms with van der Waals surface area (Å²) in [7, 11) is 3.87. The van der Waals surface area contributed by atoms with Crippen molar-refractivity contribution >= 4 is 60.6 Å². The van der Waals surface area contributed by atoms with Gasteiger partial charge in [-0.25, -0.2) is 13.8 Å². The lowest BCUT2D eigenvalue weighted by atomic mass is 9.99. The molecule has 1 saturated heterocycles. The second-order valence-electron chi connectivity index (χ2n) is 8.46. The molecular weight excluding hydrogens is 466 g/mol. The Morgan fingerprint density at radius 3 is 2.79 bits per heavy atom. The Bertz CT molecular complexity index is 1390. The number of halogens is 3. The fourth-order valence-electron chi connectivity index (χ4n) is 4.48. The lowest BCUT2D eigenvalue weighted by molar-refractivity contribution is 0.485. The van der Waals surface area contributed by atoms with Crippen LogP contribution in [0.5, 0.6) is 0 Å². The van der Waals surface area contributed by atoms with Crippen LogP contribution in [0.2, 0.25) is 5.02 Å². The molecule has 0 saturated carbocycles. The minimum atomic E-state index is -0.563. The molecule has 0 radical (unpaired) electrons. The van der Waals surface area contributed by atoms with Crippen LogP contribution in [0.4, 0.5) is 25.3 Å². The van der Waals surface area contributed by atoms with Crippen LogP contribution < -0.4 is 20.9 Å². The van der Waals surface area contributed by atoms with E-state index < -0.39 is 11.6 Å². The molecule has 172 valence electrons. The van der Waals surface area contributed by atoms with Gasteiger partial charge in [-0.3, -0.25) is 4.98 Å². The number of benzene rings is 2. The SMILES string of the molecule is C[C@@H]1CN(c2c(N(C)C)cnc3c(F)c(-c4ccc(F)c5sc(N)nc45)c(Cl)cc23)CCN1. The smallest absolute Gasteiger partial charge is 0.181 e. The minimum Gasteiger partial charge on any atom is -0.375 e. The van der Waals surface area contributed by atoms with Crippen LogP contribution in [0.25, 0.3) is 32.2 Å². The van der Waals surface area contributed by atoms with E-state index in [1.54, 1.807) is 12.3 Å². The van der Waals surface area contributed by atoms with Gasteiger partial charge in [0.05, 0.1) is 32.8 Å². The number of pyridine rings is 1. The van der Waals surface area contributed by atoms with Gasteiger partial charge in [-0.1, -0.05) is 22.9 Å². The van der Waals surface area contributed by atoms with Crippen LogP contribution in [0.3, 0.4) is 0 Å². The highest BCUT2D eigenvalue weighted by Crippen LogP contribution is 2.44. The molecule has 1 aliphatic heterocycles. The number of hydrogen-bond acceptors (Lipinski definition) is 7. The second-order valence-corrected chi connectivity index (χ2v) is 9.89. The molecule has 0 aliphatic carbocycles. The molecule has 2 aromatic heterocycles. The number of nitrogens with two attached hydrogens (primary N) is 1. The molecule has 33 heavy (non-hydrogen) atoms. The van der Waals surface area contributed by atoms with E-state index in [0.29, 0.717) is 22.5 Å². The number of thiazole rings is 1. The molecule has 2 aromatic carbocycles. The van der Waals surface area contributed by atoms with E-state index in [4.69, 9.17) is 17.3 Å². The van der Waals surface area contributed by atoms with Gasteiger partial charge >= 0.3 is 0 Å². The fraction of sp³-hybridized carbons (Fsp3) is 0.304. The molecule has 0 amide bonds. The zero-order valence-electron chi connectivity index (χ0n) is 18.4. The van der Waals surface area contributed by atoms with E-state index >= 15 is 4.39 Å². The number of rotatable bonds is 3. The Labute approximate surface area is 199 Å². The average molecular weight is 489 g/mol. The quantitative estimate of drug-likeness (QED) is 0.428. The van der Waals surface area contributed by atoms with Crippen LogP contribution in [-0.2, 0) is 0 Å². The summed E-state index contributed by atoms with van der Waals surface area (Å²) in [6, 6.07) is 4.81. The molecule has 0 unspecified atom stereocenters. The predicted octanol–water partition coefficient (Wildman–Crippen LogP) is 4.89. The maximum Gasteiger partial charge on any atom is 0.181 e. The first-order valence-electron chi connectivity index (χ1n) is 10.6. The third-order valence-electron chi connectivity index (χ3n) is 5.95. The topological polar surface area (TPSA) is 70.3 Å². The average Bonchev–Trinajstić information content (AvgIpc) is 3.17. The molecule has 3 N–H and O–H groups in total. The van der Waals surface area contributed by atoms with E-state index in [-0.39, 0.29) is 25.9 Å². The molecule has 1 aliphatic rings. The van der Waals surface area contributed by atoms with Gasteiger partial charge in [0.2, 0.25) is 0 Å². The van der Waals surface area contributed by atoms with Crippen LogP contribution in [-0.4, -0.2) is 49.7 Å². The van der Waals surface area contributed by atoms with Gasteiger partial charge in [-0.05, 0) is 25.1 Å². The first-order valence-corrected chi connectivity index (χ1v) is 11.8. The van der Waals surface area contributed by atoms with Crippen molar-refractivity contribution in [1.82, 2.24) is 15.3 Å². The first-order chi connectivity index (χ1) is 15.8. The van der Waals surface area contributed by atoms with Gasteiger partial charge in [0.1, 0.15) is 11.3 Å². The second kappa shape index (κ2) is 8.23. The van der Waals surface area contributed by atoms with Crippen molar-refractivity contribution in [2.24, 2.45) is 0 Å². The lowest BCUT2D eigenvalue weighted by Gasteiger charge is -2.36. The van der Waals surface area contributed by atoms with Crippen LogP contribution >= 0.6 is 22.9 Å². The van der Waals surface area contributed by atoms with Crippen molar-refractivity contribution in [2.45, 2.75) is 13.0 Å².